The quantitative estimate of drug-likeness (QED) is 0.0431. The zero-order chi connectivity index (χ0) is 29.7. The molecular weight excluding hydrogens is 527 g/mol. The molecule has 0 aromatic rings. The van der Waals surface area contributed by atoms with Gasteiger partial charge in [-0.25, -0.2) is 4.57 Å². The van der Waals surface area contributed by atoms with Crippen molar-refractivity contribution in [1.82, 2.24) is 5.32 Å². The van der Waals surface area contributed by atoms with E-state index in [4.69, 9.17) is 14.8 Å². The molecule has 0 fully saturated rings. The molecule has 3 atom stereocenters. The first-order chi connectivity index (χ1) is 19.4. The van der Waals surface area contributed by atoms with E-state index >= 15 is 0 Å². The van der Waals surface area contributed by atoms with Crippen LogP contribution in [0.15, 0.2) is 36.5 Å². The van der Waals surface area contributed by atoms with Gasteiger partial charge in [-0.3, -0.25) is 13.8 Å². The first-order valence-electron chi connectivity index (χ1n) is 15.6. The molecule has 0 saturated heterocycles. The Morgan fingerprint density at radius 3 is 1.90 bits per heavy atom. The number of phosphoric ester groups is 1. The summed E-state index contributed by atoms with van der Waals surface area (Å²) in [6.07, 6.45) is 29.1. The molecule has 0 saturated carbocycles. The Balaban J connectivity index is 4.56. The van der Waals surface area contributed by atoms with Gasteiger partial charge in [-0.05, 0) is 38.5 Å². The summed E-state index contributed by atoms with van der Waals surface area (Å²) < 4.78 is 21.8. The molecule has 3 unspecified atom stereocenters. The molecular formula is C31H59N2O6P. The number of aliphatic hydroxyl groups is 1. The number of amides is 1. The van der Waals surface area contributed by atoms with Gasteiger partial charge in [0.15, 0.2) is 0 Å². The Bertz CT molecular complexity index is 729. The molecule has 0 rings (SSSR count). The summed E-state index contributed by atoms with van der Waals surface area (Å²) >= 11 is 0. The summed E-state index contributed by atoms with van der Waals surface area (Å²) in [6, 6.07) is -0.876. The van der Waals surface area contributed by atoms with Crippen molar-refractivity contribution in [2.75, 3.05) is 19.8 Å². The van der Waals surface area contributed by atoms with Gasteiger partial charge in [-0.1, -0.05) is 115 Å². The molecule has 0 aromatic carbocycles. The fraction of sp³-hybridized carbons (Fsp3) is 0.774. The maximum Gasteiger partial charge on any atom is 0.472 e. The fourth-order valence-corrected chi connectivity index (χ4v) is 4.79. The van der Waals surface area contributed by atoms with Crippen LogP contribution in [0.2, 0.25) is 0 Å². The van der Waals surface area contributed by atoms with Gasteiger partial charge in [0, 0.05) is 13.0 Å². The molecule has 40 heavy (non-hydrogen) atoms. The number of hydrogen-bond donors (Lipinski definition) is 4. The van der Waals surface area contributed by atoms with Crippen molar-refractivity contribution >= 4 is 13.7 Å². The topological polar surface area (TPSA) is 131 Å². The fourth-order valence-electron chi connectivity index (χ4n) is 4.03. The van der Waals surface area contributed by atoms with Gasteiger partial charge in [0.25, 0.3) is 0 Å². The third-order valence-electron chi connectivity index (χ3n) is 6.45. The maximum atomic E-state index is 12.5. The molecule has 0 aromatic heterocycles. The Hall–Kier alpha value is -1.28. The monoisotopic (exact) mass is 586 g/mol. The third-order valence-corrected chi connectivity index (χ3v) is 7.43. The SMILES string of the molecule is CCCC/C=C/CC/C=C/CC/C=C/C(O)C(COP(=O)(O)OCCN)NC(=O)CCCCCCCCCCC. The number of nitrogens with two attached hydrogens (primary N) is 1. The zero-order valence-electron chi connectivity index (χ0n) is 25.3. The van der Waals surface area contributed by atoms with Crippen molar-refractivity contribution in [2.24, 2.45) is 5.73 Å². The highest BCUT2D eigenvalue weighted by atomic mass is 31.2. The zero-order valence-corrected chi connectivity index (χ0v) is 26.2. The summed E-state index contributed by atoms with van der Waals surface area (Å²) in [5.74, 6) is -0.216. The molecule has 8 nitrogen and oxygen atoms in total. The Morgan fingerprint density at radius 1 is 0.800 bits per heavy atom. The molecule has 234 valence electrons. The van der Waals surface area contributed by atoms with Gasteiger partial charge in [0.05, 0.1) is 25.4 Å². The molecule has 0 aliphatic rings. The minimum atomic E-state index is -4.33. The van der Waals surface area contributed by atoms with Crippen molar-refractivity contribution in [2.45, 2.75) is 135 Å². The summed E-state index contributed by atoms with van der Waals surface area (Å²) in [4.78, 5) is 22.4. The van der Waals surface area contributed by atoms with Gasteiger partial charge in [-0.2, -0.15) is 0 Å². The van der Waals surface area contributed by atoms with Crippen molar-refractivity contribution in [3.63, 3.8) is 0 Å². The van der Waals surface area contributed by atoms with Gasteiger partial charge < -0.3 is 21.1 Å². The summed E-state index contributed by atoms with van der Waals surface area (Å²) in [5, 5.41) is 13.4. The van der Waals surface area contributed by atoms with E-state index in [9.17, 15) is 19.4 Å². The van der Waals surface area contributed by atoms with E-state index in [1.807, 2.05) is 6.08 Å². The van der Waals surface area contributed by atoms with Gasteiger partial charge in [0.1, 0.15) is 0 Å². The largest absolute Gasteiger partial charge is 0.472 e. The first kappa shape index (κ1) is 38.7. The summed E-state index contributed by atoms with van der Waals surface area (Å²) in [7, 11) is -4.33. The van der Waals surface area contributed by atoms with E-state index in [2.05, 4.69) is 43.5 Å². The predicted octanol–water partition coefficient (Wildman–Crippen LogP) is 7.26. The number of unbranched alkanes of at least 4 members (excludes halogenated alkanes) is 12. The standard InChI is InChI=1S/C31H59N2O6P/c1-3-5-7-9-11-13-14-15-17-18-20-22-24-30(34)29(28-39-40(36,37)38-27-26-32)33-31(35)25-23-21-19-16-12-10-8-6-4-2/h9,11,15,17,22,24,29-30,34H,3-8,10,12-14,16,18-21,23,25-28,32H2,1-2H3,(H,33,35)(H,36,37)/b11-9+,17-15+,24-22+. The molecule has 0 aliphatic carbocycles. The van der Waals surface area contributed by atoms with E-state index < -0.39 is 20.0 Å². The van der Waals surface area contributed by atoms with E-state index in [1.165, 1.54) is 51.4 Å². The molecule has 5 N–H and O–H groups in total. The molecule has 0 bridgehead atoms. The number of phosphoric acid groups is 1. The second kappa shape index (κ2) is 27.9. The van der Waals surface area contributed by atoms with Crippen molar-refractivity contribution < 1.29 is 28.4 Å². The first-order valence-corrected chi connectivity index (χ1v) is 17.1. The van der Waals surface area contributed by atoms with Gasteiger partial charge in [-0.15, -0.1) is 0 Å². The molecule has 1 amide bonds. The van der Waals surface area contributed by atoms with Crippen molar-refractivity contribution in [3.05, 3.63) is 36.5 Å². The lowest BCUT2D eigenvalue weighted by Gasteiger charge is -2.23. The number of carbonyl (C=O) groups excluding carboxylic acids is 1. The number of aliphatic hydroxyl groups excluding tert-OH is 1. The number of hydrogen-bond acceptors (Lipinski definition) is 6. The predicted molar refractivity (Wildman–Crippen MR) is 166 cm³/mol. The van der Waals surface area contributed by atoms with E-state index in [0.29, 0.717) is 6.42 Å². The lowest BCUT2D eigenvalue weighted by molar-refractivity contribution is -0.123. The highest BCUT2D eigenvalue weighted by molar-refractivity contribution is 7.47. The number of allylic oxidation sites excluding steroid dienone is 5. The molecule has 0 spiro atoms. The van der Waals surface area contributed by atoms with Crippen LogP contribution in [0, 0.1) is 0 Å². The van der Waals surface area contributed by atoms with Crippen LogP contribution in [0.3, 0.4) is 0 Å². The second-order valence-corrected chi connectivity index (χ2v) is 11.8. The molecule has 0 heterocycles. The van der Waals surface area contributed by atoms with Crippen LogP contribution in [0.1, 0.15) is 123 Å². The number of carbonyl (C=O) groups is 1. The van der Waals surface area contributed by atoms with E-state index in [-0.39, 0.29) is 25.7 Å². The van der Waals surface area contributed by atoms with Crippen molar-refractivity contribution in [1.29, 1.82) is 0 Å². The average Bonchev–Trinajstić information content (AvgIpc) is 2.93. The highest BCUT2D eigenvalue weighted by Crippen LogP contribution is 2.43. The highest BCUT2D eigenvalue weighted by Gasteiger charge is 2.26. The normalized spacial score (nSPS) is 15.2. The Kier molecular flexibility index (Phi) is 27.0. The summed E-state index contributed by atoms with van der Waals surface area (Å²) in [6.45, 7) is 3.99. The molecule has 9 heteroatoms. The lowest BCUT2D eigenvalue weighted by Crippen LogP contribution is -2.45. The maximum absolute atomic E-state index is 12.5. The van der Waals surface area contributed by atoms with Gasteiger partial charge in [0.2, 0.25) is 5.91 Å². The average molecular weight is 587 g/mol. The minimum absolute atomic E-state index is 0.0717. The van der Waals surface area contributed by atoms with Crippen LogP contribution in [-0.4, -0.2) is 47.8 Å². The molecule has 0 aliphatic heterocycles. The Labute approximate surface area is 244 Å². The van der Waals surface area contributed by atoms with Crippen LogP contribution in [0.5, 0.6) is 0 Å². The van der Waals surface area contributed by atoms with Crippen LogP contribution >= 0.6 is 7.82 Å². The van der Waals surface area contributed by atoms with Gasteiger partial charge >= 0.3 is 7.82 Å². The molecule has 0 radical (unpaired) electrons. The van der Waals surface area contributed by atoms with Crippen LogP contribution in [0.25, 0.3) is 0 Å². The lowest BCUT2D eigenvalue weighted by atomic mass is 10.1. The van der Waals surface area contributed by atoms with E-state index in [0.717, 1.165) is 51.4 Å². The van der Waals surface area contributed by atoms with Crippen LogP contribution < -0.4 is 11.1 Å². The van der Waals surface area contributed by atoms with Crippen LogP contribution in [-0.2, 0) is 18.4 Å². The van der Waals surface area contributed by atoms with Crippen molar-refractivity contribution in [3.8, 4) is 0 Å². The second-order valence-electron chi connectivity index (χ2n) is 10.3. The third kappa shape index (κ3) is 25.7. The summed E-state index contributed by atoms with van der Waals surface area (Å²) in [5.41, 5.74) is 5.32. The minimum Gasteiger partial charge on any atom is -0.387 e. The number of rotatable bonds is 28. The smallest absolute Gasteiger partial charge is 0.387 e. The van der Waals surface area contributed by atoms with Crippen LogP contribution in [0.4, 0.5) is 0 Å². The Morgan fingerprint density at radius 2 is 1.32 bits per heavy atom. The van der Waals surface area contributed by atoms with E-state index in [1.54, 1.807) is 6.08 Å². The number of nitrogens with one attached hydrogen (secondary N) is 1.